The van der Waals surface area contributed by atoms with Gasteiger partial charge in [-0.2, -0.15) is 0 Å². The smallest absolute Gasteiger partial charge is 0.256 e. The molecule has 0 aliphatic carbocycles. The molecule has 0 radical (unpaired) electrons. The van der Waals surface area contributed by atoms with Crippen LogP contribution in [0.25, 0.3) is 0 Å². The predicted molar refractivity (Wildman–Crippen MR) is 54.5 cm³/mol. The largest absolute Gasteiger partial charge is 0.440 e. The lowest BCUT2D eigenvalue weighted by Crippen LogP contribution is -1.80. The number of hydrogen-bond donors (Lipinski definition) is 0. The molecule has 0 saturated carbocycles. The van der Waals surface area contributed by atoms with E-state index < -0.39 is 0 Å². The second kappa shape index (κ2) is 4.48. The van der Waals surface area contributed by atoms with E-state index >= 15 is 0 Å². The number of rotatable bonds is 4. The summed E-state index contributed by atoms with van der Waals surface area (Å²) < 4.78 is 10.5. The minimum Gasteiger partial charge on any atom is -0.440 e. The van der Waals surface area contributed by atoms with Crippen molar-refractivity contribution in [3.8, 4) is 0 Å². The highest BCUT2D eigenvalue weighted by atomic mass is 32.2. The number of aromatic nitrogens is 3. The van der Waals surface area contributed by atoms with Gasteiger partial charge in [-0.15, -0.1) is 10.2 Å². The van der Waals surface area contributed by atoms with Gasteiger partial charge in [0.1, 0.15) is 6.26 Å². The van der Waals surface area contributed by atoms with Crippen molar-refractivity contribution in [3.63, 3.8) is 0 Å². The number of hydrogen-bond acceptors (Lipinski definition) is 6. The maximum absolute atomic E-state index is 5.35. The van der Waals surface area contributed by atoms with Crippen LogP contribution in [0, 0.1) is 6.92 Å². The summed E-state index contributed by atoms with van der Waals surface area (Å²) in [4.78, 5) is 4.16. The zero-order valence-electron chi connectivity index (χ0n) is 8.56. The first-order valence-electron chi connectivity index (χ1n) is 4.64. The maximum Gasteiger partial charge on any atom is 0.256 e. The fourth-order valence-electron chi connectivity index (χ4n) is 1.01. The van der Waals surface area contributed by atoms with E-state index in [2.05, 4.69) is 15.2 Å². The number of nitrogens with zero attached hydrogens (tertiary/aromatic N) is 3. The molecule has 0 aliphatic rings. The highest BCUT2D eigenvalue weighted by Crippen LogP contribution is 2.21. The summed E-state index contributed by atoms with van der Waals surface area (Å²) in [5.74, 6) is 1.86. The molecule has 0 aromatic carbocycles. The summed E-state index contributed by atoms with van der Waals surface area (Å²) in [6.45, 7) is 3.86. The molecule has 6 heteroatoms. The Hall–Kier alpha value is -1.30. The summed E-state index contributed by atoms with van der Waals surface area (Å²) in [6, 6.07) is 0. The van der Waals surface area contributed by atoms with Gasteiger partial charge < -0.3 is 8.83 Å². The van der Waals surface area contributed by atoms with Gasteiger partial charge in [0.15, 0.2) is 0 Å². The molecule has 2 aromatic heterocycles. The molecule has 5 nitrogen and oxygen atoms in total. The van der Waals surface area contributed by atoms with Crippen LogP contribution < -0.4 is 0 Å². The zero-order valence-corrected chi connectivity index (χ0v) is 9.37. The van der Waals surface area contributed by atoms with E-state index in [1.807, 2.05) is 13.8 Å². The molecule has 0 amide bonds. The Morgan fingerprint density at radius 3 is 2.73 bits per heavy atom. The van der Waals surface area contributed by atoms with Gasteiger partial charge in [0.2, 0.25) is 11.8 Å². The van der Waals surface area contributed by atoms with E-state index in [0.29, 0.717) is 22.8 Å². The lowest BCUT2D eigenvalue weighted by Gasteiger charge is -1.90. The molecular formula is C9H11N3O2S. The Balaban J connectivity index is 1.93. The average Bonchev–Trinajstić information content (AvgIpc) is 2.83. The summed E-state index contributed by atoms with van der Waals surface area (Å²) in [5.41, 5.74) is 0.872. The van der Waals surface area contributed by atoms with Gasteiger partial charge in [-0.25, -0.2) is 4.98 Å². The summed E-state index contributed by atoms with van der Waals surface area (Å²) in [7, 11) is 0. The standard InChI is InChI=1S/C9H11N3O2S/c1-3-7-11-12-8(14-7)5-15-9-10-6(2)4-13-9/h4H,3,5H2,1-2H3. The minimum absolute atomic E-state index is 0.590. The van der Waals surface area contributed by atoms with Gasteiger partial charge >= 0.3 is 0 Å². The van der Waals surface area contributed by atoms with E-state index in [4.69, 9.17) is 8.83 Å². The van der Waals surface area contributed by atoms with E-state index in [-0.39, 0.29) is 0 Å². The second-order valence-corrected chi connectivity index (χ2v) is 3.91. The molecule has 80 valence electrons. The lowest BCUT2D eigenvalue weighted by atomic mass is 10.5. The fraction of sp³-hybridized carbons (Fsp3) is 0.444. The van der Waals surface area contributed by atoms with Crippen LogP contribution in [0.5, 0.6) is 0 Å². The van der Waals surface area contributed by atoms with E-state index in [0.717, 1.165) is 12.1 Å². The number of thioether (sulfide) groups is 1. The predicted octanol–water partition coefficient (Wildman–Crippen LogP) is 2.22. The molecule has 15 heavy (non-hydrogen) atoms. The summed E-state index contributed by atoms with van der Waals surface area (Å²) in [6.07, 6.45) is 2.38. The molecule has 0 fully saturated rings. The highest BCUT2D eigenvalue weighted by Gasteiger charge is 2.07. The molecule has 2 heterocycles. The maximum atomic E-state index is 5.35. The van der Waals surface area contributed by atoms with Gasteiger partial charge in [-0.1, -0.05) is 18.7 Å². The van der Waals surface area contributed by atoms with Crippen LogP contribution in [0.15, 0.2) is 20.3 Å². The average molecular weight is 225 g/mol. The molecule has 2 aromatic rings. The lowest BCUT2D eigenvalue weighted by molar-refractivity contribution is 0.449. The third-order valence-electron chi connectivity index (χ3n) is 1.73. The number of aryl methyl sites for hydroxylation is 2. The molecular weight excluding hydrogens is 214 g/mol. The molecule has 0 N–H and O–H groups in total. The van der Waals surface area contributed by atoms with Crippen LogP contribution in [0.1, 0.15) is 24.4 Å². The third kappa shape index (κ3) is 2.59. The molecule has 0 unspecified atom stereocenters. The van der Waals surface area contributed by atoms with E-state index in [1.54, 1.807) is 6.26 Å². The van der Waals surface area contributed by atoms with Gasteiger partial charge in [-0.3, -0.25) is 0 Å². The molecule has 0 saturated heterocycles. The molecule has 0 bridgehead atoms. The Kier molecular flexibility index (Phi) is 3.05. The van der Waals surface area contributed by atoms with Crippen LogP contribution >= 0.6 is 11.8 Å². The van der Waals surface area contributed by atoms with E-state index in [1.165, 1.54) is 11.8 Å². The van der Waals surface area contributed by atoms with Gasteiger partial charge in [0, 0.05) is 6.42 Å². The van der Waals surface area contributed by atoms with Crippen molar-refractivity contribution in [2.24, 2.45) is 0 Å². The fourth-order valence-corrected chi connectivity index (χ4v) is 1.70. The van der Waals surface area contributed by atoms with E-state index in [9.17, 15) is 0 Å². The second-order valence-electron chi connectivity index (χ2n) is 2.99. The molecule has 0 aliphatic heterocycles. The molecule has 2 rings (SSSR count). The monoisotopic (exact) mass is 225 g/mol. The van der Waals surface area contributed by atoms with Crippen molar-refractivity contribution in [1.29, 1.82) is 0 Å². The first-order chi connectivity index (χ1) is 7.28. The summed E-state index contributed by atoms with van der Waals surface area (Å²) in [5, 5.41) is 8.40. The zero-order chi connectivity index (χ0) is 10.7. The molecule has 0 spiro atoms. The van der Waals surface area contributed by atoms with Gasteiger partial charge in [-0.05, 0) is 6.92 Å². The van der Waals surface area contributed by atoms with Crippen LogP contribution in [-0.4, -0.2) is 15.2 Å². The Morgan fingerprint density at radius 1 is 1.33 bits per heavy atom. The Labute approximate surface area is 91.3 Å². The van der Waals surface area contributed by atoms with Crippen molar-refractivity contribution in [2.75, 3.05) is 0 Å². The summed E-state index contributed by atoms with van der Waals surface area (Å²) >= 11 is 1.44. The number of oxazole rings is 1. The van der Waals surface area contributed by atoms with Crippen LogP contribution in [0.2, 0.25) is 0 Å². The first kappa shape index (κ1) is 10.2. The van der Waals surface area contributed by atoms with Gasteiger partial charge in [0.25, 0.3) is 5.22 Å². The topological polar surface area (TPSA) is 65.0 Å². The van der Waals surface area contributed by atoms with Crippen molar-refractivity contribution in [2.45, 2.75) is 31.2 Å². The third-order valence-corrected chi connectivity index (χ3v) is 2.55. The first-order valence-corrected chi connectivity index (χ1v) is 5.62. The van der Waals surface area contributed by atoms with Crippen LogP contribution in [0.3, 0.4) is 0 Å². The van der Waals surface area contributed by atoms with Crippen molar-refractivity contribution in [3.05, 3.63) is 23.7 Å². The van der Waals surface area contributed by atoms with Crippen LogP contribution in [0.4, 0.5) is 0 Å². The Morgan fingerprint density at radius 2 is 2.13 bits per heavy atom. The minimum atomic E-state index is 0.590. The SMILES string of the molecule is CCc1nnc(CSc2nc(C)co2)o1. The molecule has 0 atom stereocenters. The van der Waals surface area contributed by atoms with Crippen molar-refractivity contribution >= 4 is 11.8 Å². The van der Waals surface area contributed by atoms with Crippen LogP contribution in [-0.2, 0) is 12.2 Å². The normalized spacial score (nSPS) is 10.8. The highest BCUT2D eigenvalue weighted by molar-refractivity contribution is 7.98. The van der Waals surface area contributed by atoms with Gasteiger partial charge in [0.05, 0.1) is 11.4 Å². The quantitative estimate of drug-likeness (QED) is 0.743. The Bertz CT molecular complexity index is 438. The van der Waals surface area contributed by atoms with Crippen molar-refractivity contribution < 1.29 is 8.83 Å². The van der Waals surface area contributed by atoms with Crippen molar-refractivity contribution in [1.82, 2.24) is 15.2 Å².